The molecule has 0 aromatic rings. The highest BCUT2D eigenvalue weighted by atomic mass is 16.5. The summed E-state index contributed by atoms with van der Waals surface area (Å²) in [7, 11) is 0. The van der Waals surface area contributed by atoms with Gasteiger partial charge in [-0.15, -0.1) is 0 Å². The molecule has 1 saturated heterocycles. The zero-order chi connectivity index (χ0) is 11.2. The molecule has 0 amide bonds. The molecule has 0 aromatic heterocycles. The molecule has 0 aromatic carbocycles. The molecule has 1 unspecified atom stereocenters. The predicted molar refractivity (Wildman–Crippen MR) is 67.6 cm³/mol. The standard InChI is InChI=1S/C14H25NO/c1-2-15-14(12-6-4-3-5-7-12)13-8-10-16-11-9-13/h6,13-15H,2-5,7-11H2,1H3. The van der Waals surface area contributed by atoms with Crippen LogP contribution in [0.5, 0.6) is 0 Å². The summed E-state index contributed by atoms with van der Waals surface area (Å²) in [6.45, 7) is 5.22. The molecule has 1 fully saturated rings. The minimum atomic E-state index is 0.634. The molecule has 1 heterocycles. The highest BCUT2D eigenvalue weighted by Crippen LogP contribution is 2.29. The number of rotatable bonds is 4. The first kappa shape index (κ1) is 12.1. The van der Waals surface area contributed by atoms with Gasteiger partial charge in [0.25, 0.3) is 0 Å². The molecule has 2 aliphatic rings. The van der Waals surface area contributed by atoms with Crippen molar-refractivity contribution in [1.82, 2.24) is 5.32 Å². The van der Waals surface area contributed by atoms with Crippen LogP contribution in [-0.4, -0.2) is 25.8 Å². The number of hydrogen-bond acceptors (Lipinski definition) is 2. The summed E-state index contributed by atoms with van der Waals surface area (Å²) in [4.78, 5) is 0. The molecule has 16 heavy (non-hydrogen) atoms. The lowest BCUT2D eigenvalue weighted by atomic mass is 9.82. The van der Waals surface area contributed by atoms with E-state index < -0.39 is 0 Å². The average molecular weight is 223 g/mol. The van der Waals surface area contributed by atoms with E-state index in [4.69, 9.17) is 4.74 Å². The SMILES string of the molecule is CCNC(C1=CCCCC1)C1CCOCC1. The Labute approximate surface area is 99.4 Å². The third kappa shape index (κ3) is 3.08. The van der Waals surface area contributed by atoms with Crippen LogP contribution in [0.25, 0.3) is 0 Å². The van der Waals surface area contributed by atoms with Crippen molar-refractivity contribution < 1.29 is 4.74 Å². The van der Waals surface area contributed by atoms with Crippen molar-refractivity contribution in [3.8, 4) is 0 Å². The van der Waals surface area contributed by atoms with Crippen LogP contribution in [-0.2, 0) is 4.74 Å². The van der Waals surface area contributed by atoms with E-state index in [0.29, 0.717) is 6.04 Å². The molecule has 92 valence electrons. The molecule has 1 N–H and O–H groups in total. The van der Waals surface area contributed by atoms with E-state index in [0.717, 1.165) is 25.7 Å². The van der Waals surface area contributed by atoms with Crippen molar-refractivity contribution in [3.05, 3.63) is 11.6 Å². The zero-order valence-electron chi connectivity index (χ0n) is 10.5. The number of likely N-dealkylation sites (N-methyl/N-ethyl adjacent to an activating group) is 1. The molecule has 1 aliphatic heterocycles. The maximum atomic E-state index is 5.47. The van der Waals surface area contributed by atoms with Gasteiger partial charge >= 0.3 is 0 Å². The molecule has 0 bridgehead atoms. The van der Waals surface area contributed by atoms with Crippen LogP contribution in [0.1, 0.15) is 45.4 Å². The summed E-state index contributed by atoms with van der Waals surface area (Å²) < 4.78 is 5.47. The van der Waals surface area contributed by atoms with Crippen LogP contribution in [0.4, 0.5) is 0 Å². The van der Waals surface area contributed by atoms with Crippen molar-refractivity contribution in [1.29, 1.82) is 0 Å². The molecule has 1 aliphatic carbocycles. The maximum absolute atomic E-state index is 5.47. The number of nitrogens with one attached hydrogen (secondary N) is 1. The minimum absolute atomic E-state index is 0.634. The molecule has 2 heteroatoms. The van der Waals surface area contributed by atoms with E-state index in [1.165, 1.54) is 38.5 Å². The van der Waals surface area contributed by atoms with E-state index in [2.05, 4.69) is 18.3 Å². The lowest BCUT2D eigenvalue weighted by molar-refractivity contribution is 0.0576. The van der Waals surface area contributed by atoms with Gasteiger partial charge in [0.05, 0.1) is 0 Å². The number of allylic oxidation sites excluding steroid dienone is 1. The van der Waals surface area contributed by atoms with Gasteiger partial charge < -0.3 is 10.1 Å². The summed E-state index contributed by atoms with van der Waals surface area (Å²) in [5, 5.41) is 3.70. The first-order valence-corrected chi connectivity index (χ1v) is 6.92. The highest BCUT2D eigenvalue weighted by molar-refractivity contribution is 5.15. The quantitative estimate of drug-likeness (QED) is 0.740. The topological polar surface area (TPSA) is 21.3 Å². The summed E-state index contributed by atoms with van der Waals surface area (Å²) in [6.07, 6.45) is 10.3. The summed E-state index contributed by atoms with van der Waals surface area (Å²) >= 11 is 0. The third-order valence-electron chi connectivity index (χ3n) is 3.89. The normalized spacial score (nSPS) is 25.2. The Morgan fingerprint density at radius 2 is 2.19 bits per heavy atom. The number of ether oxygens (including phenoxy) is 1. The molecule has 2 rings (SSSR count). The predicted octanol–water partition coefficient (Wildman–Crippen LogP) is 2.89. The second-order valence-electron chi connectivity index (χ2n) is 5.01. The van der Waals surface area contributed by atoms with Crippen molar-refractivity contribution in [2.45, 2.75) is 51.5 Å². The first-order chi connectivity index (χ1) is 7.92. The molecule has 0 saturated carbocycles. The smallest absolute Gasteiger partial charge is 0.0469 e. The molecule has 2 nitrogen and oxygen atoms in total. The van der Waals surface area contributed by atoms with E-state index >= 15 is 0 Å². The second-order valence-corrected chi connectivity index (χ2v) is 5.01. The summed E-state index contributed by atoms with van der Waals surface area (Å²) in [5.74, 6) is 0.804. The molecule has 0 spiro atoms. The van der Waals surface area contributed by atoms with Gasteiger partial charge in [0.1, 0.15) is 0 Å². The lowest BCUT2D eigenvalue weighted by Gasteiger charge is -2.34. The van der Waals surface area contributed by atoms with Gasteiger partial charge in [-0.25, -0.2) is 0 Å². The van der Waals surface area contributed by atoms with Crippen LogP contribution >= 0.6 is 0 Å². The Morgan fingerprint density at radius 3 is 2.81 bits per heavy atom. The second kappa shape index (κ2) is 6.41. The largest absolute Gasteiger partial charge is 0.381 e. The fourth-order valence-electron chi connectivity index (χ4n) is 3.02. The van der Waals surface area contributed by atoms with E-state index in [9.17, 15) is 0 Å². The van der Waals surface area contributed by atoms with Gasteiger partial charge in [-0.3, -0.25) is 0 Å². The van der Waals surface area contributed by atoms with Crippen molar-refractivity contribution in [3.63, 3.8) is 0 Å². The molecule has 1 atom stereocenters. The summed E-state index contributed by atoms with van der Waals surface area (Å²) in [6, 6.07) is 0.634. The Bertz CT molecular complexity index is 231. The van der Waals surface area contributed by atoms with Gasteiger partial charge in [-0.1, -0.05) is 18.6 Å². The van der Waals surface area contributed by atoms with E-state index in [1.54, 1.807) is 5.57 Å². The molecule has 0 radical (unpaired) electrons. The maximum Gasteiger partial charge on any atom is 0.0469 e. The minimum Gasteiger partial charge on any atom is -0.381 e. The molecular weight excluding hydrogens is 198 g/mol. The fraction of sp³-hybridized carbons (Fsp3) is 0.857. The van der Waals surface area contributed by atoms with Crippen molar-refractivity contribution in [2.24, 2.45) is 5.92 Å². The lowest BCUT2D eigenvalue weighted by Crippen LogP contribution is -2.40. The summed E-state index contributed by atoms with van der Waals surface area (Å²) in [5.41, 5.74) is 1.68. The monoisotopic (exact) mass is 223 g/mol. The molecular formula is C14H25NO. The first-order valence-electron chi connectivity index (χ1n) is 6.92. The van der Waals surface area contributed by atoms with Crippen LogP contribution < -0.4 is 5.32 Å². The van der Waals surface area contributed by atoms with Crippen LogP contribution in [0.2, 0.25) is 0 Å². The Kier molecular flexibility index (Phi) is 4.86. The third-order valence-corrected chi connectivity index (χ3v) is 3.89. The van der Waals surface area contributed by atoms with Gasteiger partial charge in [-0.2, -0.15) is 0 Å². The van der Waals surface area contributed by atoms with Gasteiger partial charge in [0.2, 0.25) is 0 Å². The van der Waals surface area contributed by atoms with Crippen LogP contribution in [0, 0.1) is 5.92 Å². The fourth-order valence-corrected chi connectivity index (χ4v) is 3.02. The Morgan fingerprint density at radius 1 is 1.38 bits per heavy atom. The Balaban J connectivity index is 1.99. The van der Waals surface area contributed by atoms with Crippen molar-refractivity contribution in [2.75, 3.05) is 19.8 Å². The number of hydrogen-bond donors (Lipinski definition) is 1. The van der Waals surface area contributed by atoms with Crippen LogP contribution in [0.15, 0.2) is 11.6 Å². The van der Waals surface area contributed by atoms with E-state index in [-0.39, 0.29) is 0 Å². The van der Waals surface area contributed by atoms with Crippen LogP contribution in [0.3, 0.4) is 0 Å². The zero-order valence-corrected chi connectivity index (χ0v) is 10.5. The van der Waals surface area contributed by atoms with Gasteiger partial charge in [-0.05, 0) is 51.0 Å². The highest BCUT2D eigenvalue weighted by Gasteiger charge is 2.26. The van der Waals surface area contributed by atoms with E-state index in [1.807, 2.05) is 0 Å². The Hall–Kier alpha value is -0.340. The average Bonchev–Trinajstić information content (AvgIpc) is 2.38. The van der Waals surface area contributed by atoms with Gasteiger partial charge in [0.15, 0.2) is 0 Å². The van der Waals surface area contributed by atoms with Crippen molar-refractivity contribution >= 4 is 0 Å². The van der Waals surface area contributed by atoms with Gasteiger partial charge in [0, 0.05) is 19.3 Å².